The third kappa shape index (κ3) is 3.26. The molecule has 22 heavy (non-hydrogen) atoms. The smallest absolute Gasteiger partial charge is 0.334 e. The monoisotopic (exact) mass is 328 g/mol. The maximum absolute atomic E-state index is 12.5. The number of carbonyl (C=O) groups excluding carboxylic acids is 1. The third-order valence-electron chi connectivity index (χ3n) is 3.29. The van der Waals surface area contributed by atoms with E-state index in [-0.39, 0.29) is 30.5 Å². The summed E-state index contributed by atoms with van der Waals surface area (Å²) in [6, 6.07) is 5.46. The molecule has 1 aliphatic heterocycles. The Morgan fingerprint density at radius 3 is 2.50 bits per heavy atom. The molecule has 0 bridgehead atoms. The van der Waals surface area contributed by atoms with Crippen LogP contribution in [-0.2, 0) is 19.6 Å². The van der Waals surface area contributed by atoms with E-state index in [2.05, 4.69) is 5.32 Å². The lowest BCUT2D eigenvalue weighted by Gasteiger charge is -2.30. The highest BCUT2D eigenvalue weighted by Crippen LogP contribution is 2.19. The average molecular weight is 328 g/mol. The lowest BCUT2D eigenvalue weighted by molar-refractivity contribution is -0.153. The van der Waals surface area contributed by atoms with Crippen LogP contribution in [0.4, 0.5) is 0 Å². The first-order valence-electron chi connectivity index (χ1n) is 6.53. The zero-order valence-corrected chi connectivity index (χ0v) is 12.7. The van der Waals surface area contributed by atoms with Gasteiger partial charge < -0.3 is 15.2 Å². The molecule has 2 rings (SSSR count). The molecule has 0 aliphatic carbocycles. The second-order valence-corrected chi connectivity index (χ2v) is 6.60. The van der Waals surface area contributed by atoms with Crippen molar-refractivity contribution in [1.29, 1.82) is 0 Å². The summed E-state index contributed by atoms with van der Waals surface area (Å²) < 4.78 is 31.0. The van der Waals surface area contributed by atoms with E-state index in [1.54, 1.807) is 0 Å². The van der Waals surface area contributed by atoms with Crippen LogP contribution in [0.1, 0.15) is 10.4 Å². The summed E-state index contributed by atoms with van der Waals surface area (Å²) in [6.45, 7) is -0.134. The van der Waals surface area contributed by atoms with Crippen LogP contribution in [0.5, 0.6) is 0 Å². The van der Waals surface area contributed by atoms with Crippen molar-refractivity contribution in [2.45, 2.75) is 11.0 Å². The molecule has 1 aliphatic rings. The molecule has 0 spiro atoms. The number of nitrogens with zero attached hydrogens (tertiary/aromatic N) is 1. The lowest BCUT2D eigenvalue weighted by atomic mass is 10.2. The van der Waals surface area contributed by atoms with Gasteiger partial charge in [-0.2, -0.15) is 4.31 Å². The molecule has 8 nitrogen and oxygen atoms in total. The summed E-state index contributed by atoms with van der Waals surface area (Å²) in [5, 5.41) is 11.4. The second kappa shape index (κ2) is 6.42. The van der Waals surface area contributed by atoms with Crippen molar-refractivity contribution in [2.24, 2.45) is 0 Å². The maximum Gasteiger partial charge on any atom is 0.334 e. The number of aliphatic carboxylic acids is 1. The Labute approximate surface area is 127 Å². The number of morpholine rings is 1. The zero-order valence-electron chi connectivity index (χ0n) is 11.9. The zero-order chi connectivity index (χ0) is 16.3. The summed E-state index contributed by atoms with van der Waals surface area (Å²) in [4.78, 5) is 22.4. The van der Waals surface area contributed by atoms with Gasteiger partial charge in [-0.3, -0.25) is 4.79 Å². The molecule has 1 heterocycles. The molecule has 2 N–H and O–H groups in total. The fraction of sp³-hybridized carbons (Fsp3) is 0.385. The quantitative estimate of drug-likeness (QED) is 0.772. The Balaban J connectivity index is 2.22. The first-order chi connectivity index (χ1) is 10.4. The highest BCUT2D eigenvalue weighted by molar-refractivity contribution is 7.89. The normalized spacial score (nSPS) is 19.6. The van der Waals surface area contributed by atoms with Crippen molar-refractivity contribution in [3.8, 4) is 0 Å². The number of hydrogen-bond donors (Lipinski definition) is 2. The molecule has 0 saturated carbocycles. The van der Waals surface area contributed by atoms with Crippen LogP contribution < -0.4 is 5.32 Å². The van der Waals surface area contributed by atoms with Gasteiger partial charge in [-0.15, -0.1) is 0 Å². The van der Waals surface area contributed by atoms with E-state index in [0.717, 1.165) is 4.31 Å². The van der Waals surface area contributed by atoms with Gasteiger partial charge >= 0.3 is 5.97 Å². The predicted molar refractivity (Wildman–Crippen MR) is 76.0 cm³/mol. The van der Waals surface area contributed by atoms with Crippen molar-refractivity contribution in [3.63, 3.8) is 0 Å². The van der Waals surface area contributed by atoms with Crippen LogP contribution in [0.25, 0.3) is 0 Å². The molecule has 9 heteroatoms. The topological polar surface area (TPSA) is 113 Å². The number of carboxylic acid groups (broad SMARTS) is 1. The summed E-state index contributed by atoms with van der Waals surface area (Å²) in [6.07, 6.45) is -1.17. The highest BCUT2D eigenvalue weighted by Gasteiger charge is 2.33. The van der Waals surface area contributed by atoms with Gasteiger partial charge in [0.25, 0.3) is 5.91 Å². The first kappa shape index (κ1) is 16.4. The highest BCUT2D eigenvalue weighted by atomic mass is 32.2. The molecule has 1 unspecified atom stereocenters. The van der Waals surface area contributed by atoms with Crippen LogP contribution in [0.2, 0.25) is 0 Å². The number of sulfonamides is 1. The van der Waals surface area contributed by atoms with Gasteiger partial charge in [-0.25, -0.2) is 13.2 Å². The second-order valence-electron chi connectivity index (χ2n) is 4.66. The van der Waals surface area contributed by atoms with Crippen LogP contribution >= 0.6 is 0 Å². The summed E-state index contributed by atoms with van der Waals surface area (Å²) in [7, 11) is -2.34. The van der Waals surface area contributed by atoms with Crippen LogP contribution in [0, 0.1) is 0 Å². The van der Waals surface area contributed by atoms with Gasteiger partial charge in [-0.1, -0.05) is 0 Å². The van der Waals surface area contributed by atoms with Crippen LogP contribution in [-0.4, -0.2) is 62.6 Å². The van der Waals surface area contributed by atoms with Gasteiger partial charge in [-0.05, 0) is 24.3 Å². The third-order valence-corrected chi connectivity index (χ3v) is 5.17. The Hall–Kier alpha value is -1.97. The van der Waals surface area contributed by atoms with E-state index < -0.39 is 22.1 Å². The number of carboxylic acids is 1. The van der Waals surface area contributed by atoms with E-state index >= 15 is 0 Å². The molecule has 1 saturated heterocycles. The number of amides is 1. The molecule has 120 valence electrons. The van der Waals surface area contributed by atoms with E-state index in [0.29, 0.717) is 5.56 Å². The summed E-state index contributed by atoms with van der Waals surface area (Å²) >= 11 is 0. The SMILES string of the molecule is CNC(=O)c1ccc(S(=O)(=O)N2CCOC(C(=O)O)C2)cc1. The minimum atomic E-state index is -3.82. The van der Waals surface area contributed by atoms with Crippen LogP contribution in [0.3, 0.4) is 0 Å². The van der Waals surface area contributed by atoms with Gasteiger partial charge in [0.2, 0.25) is 10.0 Å². The van der Waals surface area contributed by atoms with Gasteiger partial charge in [0.1, 0.15) is 0 Å². The van der Waals surface area contributed by atoms with Crippen LogP contribution in [0.15, 0.2) is 29.2 Å². The molecule has 1 fully saturated rings. The number of carbonyl (C=O) groups is 2. The number of benzene rings is 1. The Morgan fingerprint density at radius 2 is 1.95 bits per heavy atom. The van der Waals surface area contributed by atoms with E-state index in [1.807, 2.05) is 0 Å². The number of ether oxygens (including phenoxy) is 1. The minimum absolute atomic E-state index is 0.00573. The molecule has 1 amide bonds. The van der Waals surface area contributed by atoms with E-state index in [4.69, 9.17) is 9.84 Å². The Morgan fingerprint density at radius 1 is 1.32 bits per heavy atom. The Kier molecular flexibility index (Phi) is 4.79. The average Bonchev–Trinajstić information content (AvgIpc) is 2.54. The van der Waals surface area contributed by atoms with Gasteiger partial charge in [0.05, 0.1) is 18.0 Å². The van der Waals surface area contributed by atoms with Crippen molar-refractivity contribution in [2.75, 3.05) is 26.7 Å². The Bertz CT molecular complexity index is 670. The fourth-order valence-corrected chi connectivity index (χ4v) is 3.49. The molecular formula is C13H16N2O6S. The summed E-state index contributed by atoms with van der Waals surface area (Å²) in [5.74, 6) is -1.52. The standard InChI is InChI=1S/C13H16N2O6S/c1-14-12(16)9-2-4-10(5-3-9)22(19,20)15-6-7-21-11(8-15)13(17)18/h2-5,11H,6-8H2,1H3,(H,14,16)(H,17,18). The van der Waals surface area contributed by atoms with Gasteiger partial charge in [0.15, 0.2) is 6.10 Å². The molecule has 0 aromatic heterocycles. The largest absolute Gasteiger partial charge is 0.479 e. The number of hydrogen-bond acceptors (Lipinski definition) is 5. The van der Waals surface area contributed by atoms with Crippen molar-refractivity contribution < 1.29 is 27.9 Å². The molecule has 1 aromatic carbocycles. The first-order valence-corrected chi connectivity index (χ1v) is 7.97. The van der Waals surface area contributed by atoms with E-state index in [1.165, 1.54) is 31.3 Å². The van der Waals surface area contributed by atoms with Gasteiger partial charge in [0, 0.05) is 19.2 Å². The van der Waals surface area contributed by atoms with E-state index in [9.17, 15) is 18.0 Å². The van der Waals surface area contributed by atoms with Crippen molar-refractivity contribution in [1.82, 2.24) is 9.62 Å². The predicted octanol–water partition coefficient (Wildman–Crippen LogP) is -0.480. The van der Waals surface area contributed by atoms with Crippen molar-refractivity contribution >= 4 is 21.9 Å². The molecule has 0 radical (unpaired) electrons. The molecule has 1 atom stereocenters. The van der Waals surface area contributed by atoms with Crippen molar-refractivity contribution in [3.05, 3.63) is 29.8 Å². The number of rotatable bonds is 4. The fourth-order valence-electron chi connectivity index (χ4n) is 2.07. The summed E-state index contributed by atoms with van der Waals surface area (Å²) in [5.41, 5.74) is 0.340. The maximum atomic E-state index is 12.5. The molecular weight excluding hydrogens is 312 g/mol. The number of nitrogens with one attached hydrogen (secondary N) is 1. The minimum Gasteiger partial charge on any atom is -0.479 e. The lowest BCUT2D eigenvalue weighted by Crippen LogP contribution is -2.48. The molecule has 1 aromatic rings.